The van der Waals surface area contributed by atoms with Crippen molar-refractivity contribution in [2.24, 2.45) is 5.84 Å². The molecule has 1 atom stereocenters. The molecule has 0 heterocycles. The highest BCUT2D eigenvalue weighted by Crippen LogP contribution is 1.99. The number of nitrogens with two attached hydrogens (primary N) is 1. The molecule has 0 aromatic rings. The number of hydrazine groups is 1. The number of carbonyl (C=O) groups excluding carboxylic acids is 2. The molecule has 0 radical (unpaired) electrons. The third-order valence-electron chi connectivity index (χ3n) is 2.16. The van der Waals surface area contributed by atoms with Crippen LogP contribution < -0.4 is 16.6 Å². The summed E-state index contributed by atoms with van der Waals surface area (Å²) in [5.74, 6) is 4.70. The van der Waals surface area contributed by atoms with Crippen molar-refractivity contribution in [3.63, 3.8) is 0 Å². The summed E-state index contributed by atoms with van der Waals surface area (Å²) in [5, 5.41) is 2.69. The van der Waals surface area contributed by atoms with Gasteiger partial charge in [0.25, 0.3) is 0 Å². The number of nitrogens with one attached hydrogen (secondary N) is 2. The average molecular weight is 216 g/mol. The van der Waals surface area contributed by atoms with Crippen LogP contribution in [-0.2, 0) is 9.59 Å². The molecule has 0 spiro atoms. The molecule has 6 nitrogen and oxygen atoms in total. The maximum absolute atomic E-state index is 11.2. The van der Waals surface area contributed by atoms with Crippen LogP contribution in [0.15, 0.2) is 0 Å². The molecule has 0 saturated heterocycles. The molecule has 0 rings (SSSR count). The smallest absolute Gasteiger partial charge is 0.235 e. The van der Waals surface area contributed by atoms with Crippen LogP contribution in [-0.4, -0.2) is 42.9 Å². The fourth-order valence-corrected chi connectivity index (χ4v) is 1.12. The highest BCUT2D eigenvalue weighted by molar-refractivity contribution is 5.78. The molecule has 0 bridgehead atoms. The fraction of sp³-hybridized carbons (Fsp3) is 0.778. The molecule has 0 aliphatic heterocycles. The van der Waals surface area contributed by atoms with Crippen molar-refractivity contribution in [3.8, 4) is 0 Å². The number of hydrogen-bond donors (Lipinski definition) is 3. The van der Waals surface area contributed by atoms with Crippen molar-refractivity contribution in [2.45, 2.75) is 26.3 Å². The molecule has 2 amide bonds. The molecular weight excluding hydrogens is 196 g/mol. The van der Waals surface area contributed by atoms with Crippen LogP contribution >= 0.6 is 0 Å². The Morgan fingerprint density at radius 3 is 2.47 bits per heavy atom. The summed E-state index contributed by atoms with van der Waals surface area (Å²) in [7, 11) is 1.80. The van der Waals surface area contributed by atoms with E-state index in [4.69, 9.17) is 5.84 Å². The van der Waals surface area contributed by atoms with E-state index >= 15 is 0 Å². The molecule has 88 valence electrons. The molecule has 15 heavy (non-hydrogen) atoms. The molecule has 0 aromatic heterocycles. The fourth-order valence-electron chi connectivity index (χ4n) is 1.12. The summed E-state index contributed by atoms with van der Waals surface area (Å²) in [4.78, 5) is 24.0. The number of carbonyl (C=O) groups is 2. The zero-order chi connectivity index (χ0) is 11.8. The molecule has 0 aromatic carbocycles. The minimum atomic E-state index is -0.231. The number of hydrogen-bond acceptors (Lipinski definition) is 4. The quantitative estimate of drug-likeness (QED) is 0.296. The summed E-state index contributed by atoms with van der Waals surface area (Å²) in [6.45, 7) is 4.63. The van der Waals surface area contributed by atoms with Crippen molar-refractivity contribution >= 4 is 11.8 Å². The Morgan fingerprint density at radius 1 is 1.40 bits per heavy atom. The van der Waals surface area contributed by atoms with Gasteiger partial charge >= 0.3 is 0 Å². The topological polar surface area (TPSA) is 87.5 Å². The van der Waals surface area contributed by atoms with Gasteiger partial charge in [-0.3, -0.25) is 19.9 Å². The van der Waals surface area contributed by atoms with Crippen molar-refractivity contribution in [1.29, 1.82) is 0 Å². The van der Waals surface area contributed by atoms with Gasteiger partial charge in [-0.15, -0.1) is 0 Å². The van der Waals surface area contributed by atoms with E-state index < -0.39 is 0 Å². The van der Waals surface area contributed by atoms with Gasteiger partial charge in [0.2, 0.25) is 11.8 Å². The third kappa shape index (κ3) is 6.03. The first-order valence-corrected chi connectivity index (χ1v) is 4.97. The largest absolute Gasteiger partial charge is 0.355 e. The van der Waals surface area contributed by atoms with Crippen LogP contribution in [0.4, 0.5) is 0 Å². The zero-order valence-corrected chi connectivity index (χ0v) is 9.54. The van der Waals surface area contributed by atoms with Gasteiger partial charge in [-0.25, -0.2) is 5.84 Å². The van der Waals surface area contributed by atoms with Crippen LogP contribution in [0.25, 0.3) is 0 Å². The van der Waals surface area contributed by atoms with Gasteiger partial charge in [0.1, 0.15) is 0 Å². The van der Waals surface area contributed by atoms with Gasteiger partial charge in [-0.05, 0) is 20.9 Å². The SMILES string of the molecule is CCNC(=O)CN(C)C(C)CC(=O)NN. The van der Waals surface area contributed by atoms with Gasteiger partial charge in [0.05, 0.1) is 6.54 Å². The predicted molar refractivity (Wildman–Crippen MR) is 57.7 cm³/mol. The van der Waals surface area contributed by atoms with Crippen LogP contribution in [0.3, 0.4) is 0 Å². The second-order valence-electron chi connectivity index (χ2n) is 3.49. The monoisotopic (exact) mass is 216 g/mol. The second kappa shape index (κ2) is 7.19. The van der Waals surface area contributed by atoms with Crippen molar-refractivity contribution in [2.75, 3.05) is 20.1 Å². The van der Waals surface area contributed by atoms with Crippen molar-refractivity contribution < 1.29 is 9.59 Å². The van der Waals surface area contributed by atoms with E-state index in [-0.39, 0.29) is 30.8 Å². The summed E-state index contributed by atoms with van der Waals surface area (Å²) in [5.41, 5.74) is 2.06. The lowest BCUT2D eigenvalue weighted by Gasteiger charge is -2.23. The maximum atomic E-state index is 11.2. The zero-order valence-electron chi connectivity index (χ0n) is 9.54. The molecule has 0 fully saturated rings. The standard InChI is InChI=1S/C9H20N4O2/c1-4-11-9(15)6-13(3)7(2)5-8(14)12-10/h7H,4-6,10H2,1-3H3,(H,11,15)(H,12,14). The van der Waals surface area contributed by atoms with Crippen LogP contribution in [0.5, 0.6) is 0 Å². The van der Waals surface area contributed by atoms with Gasteiger partial charge in [-0.1, -0.05) is 0 Å². The number of amides is 2. The van der Waals surface area contributed by atoms with Crippen LogP contribution in [0.1, 0.15) is 20.3 Å². The number of likely N-dealkylation sites (N-methyl/N-ethyl adjacent to an activating group) is 2. The highest BCUT2D eigenvalue weighted by Gasteiger charge is 2.15. The Morgan fingerprint density at radius 2 is 2.00 bits per heavy atom. The summed E-state index contributed by atoms with van der Waals surface area (Å²) >= 11 is 0. The van der Waals surface area contributed by atoms with E-state index in [1.165, 1.54) is 0 Å². The normalized spacial score (nSPS) is 12.3. The lowest BCUT2D eigenvalue weighted by molar-refractivity contribution is -0.125. The first kappa shape index (κ1) is 13.9. The molecule has 0 saturated carbocycles. The van der Waals surface area contributed by atoms with E-state index in [1.807, 2.05) is 13.8 Å². The lowest BCUT2D eigenvalue weighted by atomic mass is 10.2. The Kier molecular flexibility index (Phi) is 6.64. The first-order valence-electron chi connectivity index (χ1n) is 4.97. The van der Waals surface area contributed by atoms with Crippen molar-refractivity contribution in [3.05, 3.63) is 0 Å². The van der Waals surface area contributed by atoms with E-state index in [1.54, 1.807) is 11.9 Å². The van der Waals surface area contributed by atoms with Gasteiger partial charge in [-0.2, -0.15) is 0 Å². The third-order valence-corrected chi connectivity index (χ3v) is 2.16. The molecule has 1 unspecified atom stereocenters. The van der Waals surface area contributed by atoms with E-state index in [2.05, 4.69) is 10.7 Å². The maximum Gasteiger partial charge on any atom is 0.235 e. The summed E-state index contributed by atoms with van der Waals surface area (Å²) in [6, 6.07) is -0.0174. The predicted octanol–water partition coefficient (Wildman–Crippen LogP) is -1.18. The average Bonchev–Trinajstić information content (AvgIpc) is 2.17. The number of rotatable bonds is 6. The van der Waals surface area contributed by atoms with Gasteiger partial charge in [0, 0.05) is 19.0 Å². The van der Waals surface area contributed by atoms with E-state index in [0.717, 1.165) is 0 Å². The Bertz CT molecular complexity index is 220. The molecule has 0 aliphatic carbocycles. The number of nitrogens with zero attached hydrogens (tertiary/aromatic N) is 1. The van der Waals surface area contributed by atoms with Crippen LogP contribution in [0.2, 0.25) is 0 Å². The summed E-state index contributed by atoms with van der Waals surface area (Å²) in [6.07, 6.45) is 0.284. The van der Waals surface area contributed by atoms with Crippen molar-refractivity contribution in [1.82, 2.24) is 15.6 Å². The Hall–Kier alpha value is -1.14. The minimum absolute atomic E-state index is 0.0174. The highest BCUT2D eigenvalue weighted by atomic mass is 16.2. The Labute approximate surface area is 90.2 Å². The molecule has 6 heteroatoms. The van der Waals surface area contributed by atoms with Crippen LogP contribution in [0, 0.1) is 0 Å². The van der Waals surface area contributed by atoms with Gasteiger partial charge < -0.3 is 5.32 Å². The first-order chi connectivity index (χ1) is 7.01. The molecule has 4 N–H and O–H groups in total. The summed E-state index contributed by atoms with van der Waals surface area (Å²) < 4.78 is 0. The van der Waals surface area contributed by atoms with E-state index in [9.17, 15) is 9.59 Å². The van der Waals surface area contributed by atoms with E-state index in [0.29, 0.717) is 6.54 Å². The Balaban J connectivity index is 3.92. The minimum Gasteiger partial charge on any atom is -0.355 e. The van der Waals surface area contributed by atoms with Gasteiger partial charge in [0.15, 0.2) is 0 Å². The molecular formula is C9H20N4O2. The lowest BCUT2D eigenvalue weighted by Crippen LogP contribution is -2.42. The molecule has 0 aliphatic rings. The second-order valence-corrected chi connectivity index (χ2v) is 3.49.